The number of nitrogens with two attached hydrogens (primary N) is 1. The highest BCUT2D eigenvalue weighted by atomic mass is 35.5. The van der Waals surface area contributed by atoms with Crippen LogP contribution in [0.5, 0.6) is 46.0 Å². The van der Waals surface area contributed by atoms with E-state index in [1.165, 1.54) is 25.2 Å². The number of carbonyl (C=O) groups is 8. The van der Waals surface area contributed by atoms with E-state index in [4.69, 9.17) is 78.4 Å². The molecule has 8 heterocycles. The number of hydrogen-bond donors (Lipinski definition) is 18. The fourth-order valence-electron chi connectivity index (χ4n) is 16.5. The molecule has 38 heteroatoms. The Morgan fingerprint density at radius 3 is 1.86 bits per heavy atom. The molecule has 11 bridgehead atoms. The second-order valence-corrected chi connectivity index (χ2v) is 35.4. The molecule has 132 heavy (non-hydrogen) atoms. The lowest BCUT2D eigenvalue weighted by Crippen LogP contribution is -2.65. The number of nitrogens with one attached hydrogen (secondary N) is 8. The second kappa shape index (κ2) is 39.9. The number of carboxylic acid groups (broad SMARTS) is 1. The number of carboxylic acids is 1. The number of oxazole rings is 1. The summed E-state index contributed by atoms with van der Waals surface area (Å²) in [6.45, 7) is 7.19. The van der Waals surface area contributed by atoms with Crippen LogP contribution in [0.2, 0.25) is 15.1 Å². The minimum absolute atomic E-state index is 0.0805. The summed E-state index contributed by atoms with van der Waals surface area (Å²) in [6.07, 6.45) is -18.6. The van der Waals surface area contributed by atoms with E-state index in [9.17, 15) is 60.3 Å². The van der Waals surface area contributed by atoms with Gasteiger partial charge in [-0.2, -0.15) is 0 Å². The quantitative estimate of drug-likeness (QED) is 0.0298. The number of phenolic OH excluding ortho intramolecular Hbond substituents is 3. The Labute approximate surface area is 773 Å². The molecule has 19 N–H and O–H groups in total. The van der Waals surface area contributed by atoms with Crippen LogP contribution in [0.4, 0.5) is 0 Å². The van der Waals surface area contributed by atoms with E-state index in [2.05, 4.69) is 42.5 Å². The van der Waals surface area contributed by atoms with E-state index in [0.717, 1.165) is 89.1 Å². The second-order valence-electron chi connectivity index (χ2n) is 33.2. The normalized spacial score (nSPS) is 25.2. The first-order valence-corrected chi connectivity index (χ1v) is 44.1. The summed E-state index contributed by atoms with van der Waals surface area (Å²) >= 11 is 21.8. The van der Waals surface area contributed by atoms with Gasteiger partial charge in [-0.3, -0.25) is 33.6 Å². The van der Waals surface area contributed by atoms with Crippen LogP contribution >= 0.6 is 46.6 Å². The summed E-state index contributed by atoms with van der Waals surface area (Å²) in [4.78, 5) is 125. The largest absolute Gasteiger partial charge is 0.508 e. The molecule has 0 radical (unpaired) electrons. The van der Waals surface area contributed by atoms with Gasteiger partial charge in [0.1, 0.15) is 89.1 Å². The van der Waals surface area contributed by atoms with Gasteiger partial charge in [0.05, 0.1) is 40.8 Å². The van der Waals surface area contributed by atoms with Crippen LogP contribution in [0.1, 0.15) is 111 Å². The number of aromatic nitrogens is 1. The van der Waals surface area contributed by atoms with Crippen molar-refractivity contribution < 1.29 is 117 Å². The minimum Gasteiger partial charge on any atom is -0.508 e. The van der Waals surface area contributed by atoms with E-state index in [1.54, 1.807) is 26.0 Å². The van der Waals surface area contributed by atoms with Gasteiger partial charge in [-0.1, -0.05) is 176 Å². The summed E-state index contributed by atoms with van der Waals surface area (Å²) in [7, 11) is 1.48. The van der Waals surface area contributed by atoms with Gasteiger partial charge in [0.2, 0.25) is 53.4 Å². The number of aliphatic hydroxyl groups excluding tert-OH is 5. The maximum atomic E-state index is 16.5. The number of fused-ring (bicyclic) bond motifs is 15. The Kier molecular flexibility index (Phi) is 28.5. The first-order valence-electron chi connectivity index (χ1n) is 42.0. The van der Waals surface area contributed by atoms with Gasteiger partial charge in [0, 0.05) is 63.2 Å². The number of nitrogens with zero attached hydrogens (tertiary/aromatic N) is 1. The van der Waals surface area contributed by atoms with Crippen LogP contribution in [0.15, 0.2) is 198 Å². The van der Waals surface area contributed by atoms with E-state index in [0.29, 0.717) is 27.6 Å². The maximum absolute atomic E-state index is 16.5. The number of halogens is 3. The molecule has 0 saturated carbocycles. The lowest BCUT2D eigenvalue weighted by molar-refractivity contribution is -0.330. The topological polar surface area (TPSA) is 522 Å². The molecule has 9 unspecified atom stereocenters. The van der Waals surface area contributed by atoms with Gasteiger partial charge in [-0.05, 0) is 139 Å². The number of thioether (sulfide) groups is 1. The molecule has 1 aromatic heterocycles. The highest BCUT2D eigenvalue weighted by Gasteiger charge is 2.53. The SMILES string of the molecule is CN[C@@H](CC(C)C)C(=O)N[C@H]1C(=O)N[C@@H](CC(N)=O)C(=O)N[C@H]2C(=O)N[C@H]3C(=O)N[C@H](C(=O)N[C@@H](C(=O)O)c4cc(O)cc(O)c4-c4cc3ccc4O)[C@H](O)c3ccc(c(Cl)c3)Oc3cc2cc(c3OC2OC(CSc3nc(-c4ccccc4)c(-c4ccccc4)o3)C(O)C(O)C2OC2CC(C)(NCc3ccc(-c4ccc(Cl)cc4)cc3)C(O)C(C)O2)Oc2ccc(cc2Cl)[C@H]1O. The molecule has 7 aliphatic heterocycles. The number of likely N-dealkylation sites (N-methyl/N-ethyl adjacent to an activating group) is 1. The molecule has 0 spiro atoms. The first kappa shape index (κ1) is 94.2. The molecule has 9 aromatic carbocycles. The van der Waals surface area contributed by atoms with E-state index < -0.39 is 231 Å². The Bertz CT molecular complexity index is 5970. The van der Waals surface area contributed by atoms with Crippen molar-refractivity contribution in [2.24, 2.45) is 11.7 Å². The molecule has 7 aliphatic rings. The van der Waals surface area contributed by atoms with Crippen LogP contribution in [0.25, 0.3) is 44.8 Å². The lowest BCUT2D eigenvalue weighted by atomic mass is 9.84. The summed E-state index contributed by atoms with van der Waals surface area (Å²) in [5.41, 5.74) is 6.20. The highest BCUT2D eigenvalue weighted by molar-refractivity contribution is 7.99. The zero-order chi connectivity index (χ0) is 94.0. The Morgan fingerprint density at radius 1 is 0.636 bits per heavy atom. The summed E-state index contributed by atoms with van der Waals surface area (Å²) in [5.74, 6) is -15.9. The predicted octanol–water partition coefficient (Wildman–Crippen LogP) is 9.38. The number of carbonyl (C=O) groups excluding carboxylic acids is 7. The third-order valence-electron chi connectivity index (χ3n) is 23.4. The van der Waals surface area contributed by atoms with Gasteiger partial charge in [-0.15, -0.1) is 0 Å². The van der Waals surface area contributed by atoms with Crippen LogP contribution in [0, 0.1) is 5.92 Å². The minimum atomic E-state index is -2.38. The average Bonchev–Trinajstić information content (AvgIpc) is 0.853. The predicted molar refractivity (Wildman–Crippen MR) is 480 cm³/mol. The van der Waals surface area contributed by atoms with Crippen LogP contribution < -0.4 is 62.5 Å². The number of aliphatic hydroxyl groups is 5. The van der Waals surface area contributed by atoms with E-state index in [1.807, 2.05) is 111 Å². The van der Waals surface area contributed by atoms with Crippen molar-refractivity contribution in [3.8, 4) is 90.8 Å². The Morgan fingerprint density at radius 2 is 1.24 bits per heavy atom. The Hall–Kier alpha value is -12.4. The monoisotopic (exact) mass is 1880 g/mol. The number of aromatic hydroxyl groups is 3. The molecule has 34 nitrogen and oxygen atoms in total. The van der Waals surface area contributed by atoms with Gasteiger partial charge < -0.3 is 127 Å². The molecule has 7 amide bonds. The van der Waals surface area contributed by atoms with Crippen LogP contribution in [-0.2, 0) is 59.1 Å². The number of benzene rings is 9. The highest BCUT2D eigenvalue weighted by Crippen LogP contribution is 2.51. The van der Waals surface area contributed by atoms with Crippen LogP contribution in [-0.4, -0.2) is 190 Å². The summed E-state index contributed by atoms with van der Waals surface area (Å²) < 4.78 is 47.8. The summed E-state index contributed by atoms with van der Waals surface area (Å²) in [5, 5.41) is 130. The number of aliphatic carboxylic acids is 1. The van der Waals surface area contributed by atoms with Crippen molar-refractivity contribution >= 4 is 93.9 Å². The van der Waals surface area contributed by atoms with E-state index in [-0.39, 0.29) is 63.7 Å². The lowest BCUT2D eigenvalue weighted by Gasteiger charge is -2.48. The molecule has 690 valence electrons. The molecule has 10 aromatic rings. The number of ether oxygens (including phenoxy) is 6. The van der Waals surface area contributed by atoms with Crippen molar-refractivity contribution in [1.82, 2.24) is 47.5 Å². The molecular weight excluding hydrogens is 1790 g/mol. The number of hydrogen-bond acceptors (Lipinski definition) is 27. The molecular formula is C94H93Cl3N10O24S. The first-order chi connectivity index (χ1) is 63.1. The molecule has 0 aliphatic carbocycles. The number of amides is 7. The smallest absolute Gasteiger partial charge is 0.330 e. The molecule has 18 atom stereocenters. The van der Waals surface area contributed by atoms with Gasteiger partial charge in [-0.25, -0.2) is 9.78 Å². The fraction of sp³-hybridized carbons (Fsp3) is 0.309. The number of rotatable bonds is 21. The zero-order valence-electron chi connectivity index (χ0n) is 71.0. The van der Waals surface area contributed by atoms with Crippen molar-refractivity contribution in [2.75, 3.05) is 12.8 Å². The molecule has 17 rings (SSSR count). The molecule has 2 saturated heterocycles. The van der Waals surface area contributed by atoms with Crippen LogP contribution in [0.3, 0.4) is 0 Å². The fourth-order valence-corrected chi connectivity index (χ4v) is 17.9. The molecule has 2 fully saturated rings. The third kappa shape index (κ3) is 20.6. The van der Waals surface area contributed by atoms with Gasteiger partial charge >= 0.3 is 5.97 Å². The average molecular weight is 1890 g/mol. The van der Waals surface area contributed by atoms with Gasteiger partial charge in [0.15, 0.2) is 35.7 Å². The standard InChI is InChI=1S/C94H93Cl3N10O24S/c1-42(2)30-59(99-5)85(117)105-75-77(112)50-23-28-63(57(96)32-50)126-65-34-52-35-66(127-64-29-24-51(33-58(64)97)78(113)76-90(122)104-74(91(123)124)56-36-54(108)37-62(110)70(56)55-31-49(22-27-61(55)109)72(87(119)106-76)103-88(120)73(52)102-86(118)60(38-68(98)111)101-89(75)121)82(65)130-92-83(129-69-39-94(4,84(116)43(3)125-69)100-40-44-16-18-45(19-17-44)46-20-25-53(95)26-21-46)80(115)79(114)67(128-92)41-132-93-107-71(47-12-8-6-9-13-47)81(131-93)48-14-10-7-11-15-48/h6-29,31-37,42-43,59-60,67,69,72-80,83-84,92,99-100,108-110,112-116H,30,38-41H2,1-5H3,(H2,98,111)(H,101,121)(H,102,118)(H,103,120)(H,104,122)(H,105,117)(H,106,119)(H,123,124)/t43?,59-,60-,67?,69?,72+,73+,74+,75+,76-,77+,78+,79?,80?,83?,84?,92?,94?/m0/s1. The third-order valence-corrected chi connectivity index (χ3v) is 25.2. The van der Waals surface area contributed by atoms with E-state index >= 15 is 24.0 Å². The maximum Gasteiger partial charge on any atom is 0.330 e. The number of primary amides is 1. The Balaban J connectivity index is 0.912. The van der Waals surface area contributed by atoms with Crippen molar-refractivity contribution in [3.05, 3.63) is 237 Å². The van der Waals surface area contributed by atoms with Crippen molar-refractivity contribution in [2.45, 2.75) is 168 Å². The summed E-state index contributed by atoms with van der Waals surface area (Å²) in [6, 6.07) is 32.9. The van der Waals surface area contributed by atoms with Gasteiger partial charge in [0.25, 0.3) is 5.22 Å². The van der Waals surface area contributed by atoms with Crippen molar-refractivity contribution in [1.29, 1.82) is 0 Å². The van der Waals surface area contributed by atoms with Crippen molar-refractivity contribution in [3.63, 3.8) is 0 Å². The zero-order valence-corrected chi connectivity index (χ0v) is 74.1. The number of phenols is 3.